The first-order chi connectivity index (χ1) is 16.0. The van der Waals surface area contributed by atoms with Crippen molar-refractivity contribution in [1.29, 1.82) is 0 Å². The Balaban J connectivity index is 2.22. The first-order valence-corrected chi connectivity index (χ1v) is 12.6. The Morgan fingerprint density at radius 1 is 1.18 bits per heavy atom. The van der Waals surface area contributed by atoms with Crippen LogP contribution in [0.4, 0.5) is 11.4 Å². The smallest absolute Gasteiger partial charge is 0.279 e. The van der Waals surface area contributed by atoms with Crippen LogP contribution in [-0.2, 0) is 14.8 Å². The molecule has 0 saturated heterocycles. The Morgan fingerprint density at radius 3 is 2.47 bits per heavy atom. The van der Waals surface area contributed by atoms with E-state index in [2.05, 4.69) is 27.2 Å². The van der Waals surface area contributed by atoms with Crippen LogP contribution in [0.15, 0.2) is 69.0 Å². The van der Waals surface area contributed by atoms with E-state index in [4.69, 9.17) is 11.6 Å². The average molecular weight is 509 g/mol. The number of unbranched alkanes of at least 4 members (excludes halogenated alkanes) is 2. The van der Waals surface area contributed by atoms with Crippen LogP contribution in [0.2, 0.25) is 5.02 Å². The van der Waals surface area contributed by atoms with Gasteiger partial charge in [0, 0.05) is 17.8 Å². The third-order valence-corrected chi connectivity index (χ3v) is 6.82. The number of halogens is 1. The van der Waals surface area contributed by atoms with Gasteiger partial charge in [0.15, 0.2) is 5.70 Å². The van der Waals surface area contributed by atoms with E-state index in [1.54, 1.807) is 37.3 Å². The van der Waals surface area contributed by atoms with E-state index < -0.39 is 33.1 Å². The predicted octanol–water partition coefficient (Wildman–Crippen LogP) is 5.80. The molecule has 2 rings (SSSR count). The summed E-state index contributed by atoms with van der Waals surface area (Å²) in [5, 5.41) is 30.1. The number of phenols is 1. The Kier molecular flexibility index (Phi) is 10.0. The lowest BCUT2D eigenvalue weighted by Gasteiger charge is -2.15. The second-order valence-corrected chi connectivity index (χ2v) is 9.83. The number of azo groups is 1. The zero-order valence-corrected chi connectivity index (χ0v) is 20.8. The van der Waals surface area contributed by atoms with Crippen LogP contribution in [0, 0.1) is 0 Å². The van der Waals surface area contributed by atoms with Gasteiger partial charge in [-0.25, -0.2) is 13.1 Å². The molecule has 0 aliphatic rings. The molecule has 2 aromatic carbocycles. The Labute approximate surface area is 204 Å². The van der Waals surface area contributed by atoms with Gasteiger partial charge in [-0.1, -0.05) is 56.0 Å². The van der Waals surface area contributed by atoms with E-state index in [0.717, 1.165) is 31.4 Å². The lowest BCUT2D eigenvalue weighted by molar-refractivity contribution is -0.113. The molecule has 0 spiro atoms. The molecule has 0 fully saturated rings. The maximum Gasteiger partial charge on any atom is 0.279 e. The Morgan fingerprint density at radius 2 is 1.85 bits per heavy atom. The number of aliphatic hydroxyl groups excluding tert-OH is 1. The van der Waals surface area contributed by atoms with E-state index >= 15 is 0 Å². The highest BCUT2D eigenvalue weighted by Gasteiger charge is 2.23. The molecule has 1 amide bonds. The zero-order valence-electron chi connectivity index (χ0n) is 19.2. The molecule has 1 atom stereocenters. The molecule has 0 saturated carbocycles. The SMILES string of the molecule is CCCCCC(C)NS(=O)(=O)c1cc(O)c(N=N/C(C(=O)Nc2ccccc2)=C(/C)O)cc1Cl. The van der Waals surface area contributed by atoms with Crippen molar-refractivity contribution < 1.29 is 23.4 Å². The largest absolute Gasteiger partial charge is 0.510 e. The van der Waals surface area contributed by atoms with Crippen LogP contribution in [-0.4, -0.2) is 30.6 Å². The summed E-state index contributed by atoms with van der Waals surface area (Å²) in [5.74, 6) is -1.63. The second kappa shape index (κ2) is 12.5. The molecule has 34 heavy (non-hydrogen) atoms. The molecular formula is C23H29ClN4O5S. The van der Waals surface area contributed by atoms with E-state index in [0.29, 0.717) is 12.1 Å². The number of nitrogens with zero attached hydrogens (tertiary/aromatic N) is 2. The lowest BCUT2D eigenvalue weighted by Crippen LogP contribution is -2.32. The molecule has 1 unspecified atom stereocenters. The second-order valence-electron chi connectivity index (χ2n) is 7.74. The van der Waals surface area contributed by atoms with Crippen LogP contribution >= 0.6 is 11.6 Å². The summed E-state index contributed by atoms with van der Waals surface area (Å²) in [6, 6.07) is 10.3. The van der Waals surface area contributed by atoms with Crippen molar-refractivity contribution in [1.82, 2.24) is 4.72 Å². The van der Waals surface area contributed by atoms with E-state index in [-0.39, 0.29) is 21.6 Å². The number of benzene rings is 2. The van der Waals surface area contributed by atoms with Crippen LogP contribution in [0.3, 0.4) is 0 Å². The minimum Gasteiger partial charge on any atom is -0.510 e. The summed E-state index contributed by atoms with van der Waals surface area (Å²) < 4.78 is 28.0. The van der Waals surface area contributed by atoms with Crippen LogP contribution < -0.4 is 10.0 Å². The summed E-state index contributed by atoms with van der Waals surface area (Å²) in [7, 11) is -3.99. The fourth-order valence-electron chi connectivity index (χ4n) is 3.00. The molecule has 0 radical (unpaired) electrons. The maximum atomic E-state index is 12.7. The van der Waals surface area contributed by atoms with Gasteiger partial charge in [0.1, 0.15) is 22.1 Å². The van der Waals surface area contributed by atoms with Gasteiger partial charge in [-0.3, -0.25) is 4.79 Å². The molecule has 0 aliphatic carbocycles. The number of nitrogens with one attached hydrogen (secondary N) is 2. The number of para-hydroxylation sites is 1. The fourth-order valence-corrected chi connectivity index (χ4v) is 4.82. The quantitative estimate of drug-likeness (QED) is 0.131. The van der Waals surface area contributed by atoms with E-state index in [1.165, 1.54) is 6.92 Å². The third kappa shape index (κ3) is 7.82. The number of aliphatic hydroxyl groups is 1. The molecular weight excluding hydrogens is 480 g/mol. The van der Waals surface area contributed by atoms with Gasteiger partial charge in [-0.05, 0) is 38.5 Å². The molecule has 11 heteroatoms. The monoisotopic (exact) mass is 508 g/mol. The Bertz CT molecular complexity index is 1160. The highest BCUT2D eigenvalue weighted by molar-refractivity contribution is 7.89. The molecule has 0 aliphatic heterocycles. The van der Waals surface area contributed by atoms with Crippen molar-refractivity contribution in [2.75, 3.05) is 5.32 Å². The van der Waals surface area contributed by atoms with Gasteiger partial charge in [0.2, 0.25) is 10.0 Å². The van der Waals surface area contributed by atoms with Gasteiger partial charge < -0.3 is 15.5 Å². The minimum absolute atomic E-state index is 0.175. The standard InChI is InChI=1S/C23H29ClN4O5S/c1-4-5-7-10-15(2)28-34(32,33)21-14-20(30)19(13-18(21)24)26-27-22(16(3)29)23(31)25-17-11-8-6-9-12-17/h6,8-9,11-15,28-30H,4-5,7,10H2,1-3H3,(H,25,31)/b22-16-,27-26?. The summed E-state index contributed by atoms with van der Waals surface area (Å²) >= 11 is 6.17. The maximum absolute atomic E-state index is 12.7. The Hall–Kier alpha value is -2.95. The molecule has 4 N–H and O–H groups in total. The van der Waals surface area contributed by atoms with Crippen molar-refractivity contribution in [2.24, 2.45) is 10.2 Å². The van der Waals surface area contributed by atoms with Gasteiger partial charge in [0.05, 0.1) is 5.02 Å². The van der Waals surface area contributed by atoms with Gasteiger partial charge in [-0.2, -0.15) is 0 Å². The number of carbonyl (C=O) groups is 1. The van der Waals surface area contributed by atoms with Crippen molar-refractivity contribution >= 4 is 38.9 Å². The van der Waals surface area contributed by atoms with Crippen LogP contribution in [0.1, 0.15) is 46.5 Å². The topological polar surface area (TPSA) is 140 Å². The number of allylic oxidation sites excluding steroid dienone is 1. The third-order valence-electron chi connectivity index (χ3n) is 4.76. The minimum atomic E-state index is -3.99. The number of aromatic hydroxyl groups is 1. The summed E-state index contributed by atoms with van der Waals surface area (Å²) in [4.78, 5) is 12.1. The molecule has 0 aromatic heterocycles. The van der Waals surface area contributed by atoms with Gasteiger partial charge in [-0.15, -0.1) is 10.2 Å². The molecule has 0 bridgehead atoms. The normalized spacial score (nSPS) is 13.5. The number of carbonyl (C=O) groups excluding carboxylic acids is 1. The van der Waals surface area contributed by atoms with Crippen molar-refractivity contribution in [3.8, 4) is 5.75 Å². The zero-order chi connectivity index (χ0) is 25.3. The average Bonchev–Trinajstić information content (AvgIpc) is 2.76. The highest BCUT2D eigenvalue weighted by atomic mass is 35.5. The van der Waals surface area contributed by atoms with Crippen molar-refractivity contribution in [3.05, 3.63) is 58.9 Å². The first-order valence-electron chi connectivity index (χ1n) is 10.8. The molecule has 9 nitrogen and oxygen atoms in total. The number of anilines is 1. The summed E-state index contributed by atoms with van der Waals surface area (Å²) in [6.07, 6.45) is 3.58. The van der Waals surface area contributed by atoms with Crippen LogP contribution in [0.25, 0.3) is 0 Å². The fraction of sp³-hybridized carbons (Fsp3) is 0.348. The number of phenolic OH excluding ortho intramolecular Hbond substituents is 1. The molecule has 2 aromatic rings. The number of sulfonamides is 1. The summed E-state index contributed by atoms with van der Waals surface area (Å²) in [6.45, 7) is 5.08. The number of amides is 1. The number of hydrogen-bond donors (Lipinski definition) is 4. The van der Waals surface area contributed by atoms with Crippen molar-refractivity contribution in [2.45, 2.75) is 57.4 Å². The molecule has 184 valence electrons. The summed E-state index contributed by atoms with van der Waals surface area (Å²) in [5.41, 5.74) is -0.0804. The first kappa shape index (κ1) is 27.3. The van der Waals surface area contributed by atoms with Gasteiger partial charge in [0.25, 0.3) is 5.91 Å². The van der Waals surface area contributed by atoms with E-state index in [9.17, 15) is 23.4 Å². The lowest BCUT2D eigenvalue weighted by atomic mass is 10.1. The van der Waals surface area contributed by atoms with Crippen molar-refractivity contribution in [3.63, 3.8) is 0 Å². The van der Waals surface area contributed by atoms with Gasteiger partial charge >= 0.3 is 0 Å². The highest BCUT2D eigenvalue weighted by Crippen LogP contribution is 2.35. The predicted molar refractivity (Wildman–Crippen MR) is 132 cm³/mol. The van der Waals surface area contributed by atoms with E-state index in [1.807, 2.05) is 0 Å². The molecule has 0 heterocycles. The number of hydrogen-bond acceptors (Lipinski definition) is 7. The number of rotatable bonds is 11. The van der Waals surface area contributed by atoms with Crippen LogP contribution in [0.5, 0.6) is 5.75 Å².